The van der Waals surface area contributed by atoms with Crippen LogP contribution in [0.2, 0.25) is 0 Å². The number of rotatable bonds is 4. The van der Waals surface area contributed by atoms with Gasteiger partial charge < -0.3 is 15.1 Å². The van der Waals surface area contributed by atoms with Gasteiger partial charge in [0.2, 0.25) is 0 Å². The Morgan fingerprint density at radius 2 is 2.06 bits per heavy atom. The second-order valence-electron chi connectivity index (χ2n) is 3.88. The molecule has 2 N–H and O–H groups in total. The molecule has 0 bridgehead atoms. The second-order valence-corrected chi connectivity index (χ2v) is 3.88. The van der Waals surface area contributed by atoms with Crippen LogP contribution >= 0.6 is 0 Å². The molecule has 4 nitrogen and oxygen atoms in total. The molecule has 0 fully saturated rings. The predicted molar refractivity (Wildman–Crippen MR) is 61.4 cm³/mol. The van der Waals surface area contributed by atoms with E-state index in [9.17, 15) is 9.90 Å². The van der Waals surface area contributed by atoms with Gasteiger partial charge in [0.05, 0.1) is 11.7 Å². The molecule has 0 saturated heterocycles. The average molecular weight is 223 g/mol. The minimum Gasteiger partial charge on any atom is -0.507 e. The van der Waals surface area contributed by atoms with Crippen molar-refractivity contribution in [2.24, 2.45) is 0 Å². The number of phenolic OH excluding ortho intramolecular Hbond substituents is 1. The van der Waals surface area contributed by atoms with Crippen LogP contribution in [-0.2, 0) is 0 Å². The summed E-state index contributed by atoms with van der Waals surface area (Å²) < 4.78 is 0. The summed E-state index contributed by atoms with van der Waals surface area (Å²) in [5.41, 5.74) is 0.288. The van der Waals surface area contributed by atoms with Crippen molar-refractivity contribution in [1.29, 1.82) is 0 Å². The van der Waals surface area contributed by atoms with Gasteiger partial charge in [0.25, 0.3) is 5.91 Å². The van der Waals surface area contributed by atoms with Crippen LogP contribution < -0.4 is 0 Å². The van der Waals surface area contributed by atoms with Crippen molar-refractivity contribution in [1.82, 2.24) is 4.90 Å². The summed E-state index contributed by atoms with van der Waals surface area (Å²) in [4.78, 5) is 13.4. The molecule has 1 atom stereocenters. The third kappa shape index (κ3) is 3.24. The van der Waals surface area contributed by atoms with Crippen molar-refractivity contribution < 1.29 is 15.0 Å². The van der Waals surface area contributed by atoms with Gasteiger partial charge >= 0.3 is 0 Å². The van der Waals surface area contributed by atoms with Gasteiger partial charge in [-0.25, -0.2) is 0 Å². The Balaban J connectivity index is 2.67. The minimum absolute atomic E-state index is 0.0172. The Kier molecular flexibility index (Phi) is 4.31. The quantitative estimate of drug-likeness (QED) is 0.807. The molecule has 0 aliphatic heterocycles. The topological polar surface area (TPSA) is 60.8 Å². The molecule has 1 amide bonds. The predicted octanol–water partition coefficient (Wildman–Crippen LogP) is 1.24. The van der Waals surface area contributed by atoms with Gasteiger partial charge in [-0.3, -0.25) is 4.79 Å². The Bertz CT molecular complexity index is 363. The van der Waals surface area contributed by atoms with Crippen LogP contribution in [0.5, 0.6) is 5.75 Å². The van der Waals surface area contributed by atoms with E-state index in [0.717, 1.165) is 0 Å². The van der Waals surface area contributed by atoms with Gasteiger partial charge in [-0.05, 0) is 25.5 Å². The highest BCUT2D eigenvalue weighted by Gasteiger charge is 2.15. The first kappa shape index (κ1) is 12.5. The molecule has 0 aromatic heterocycles. The number of aliphatic hydroxyl groups excluding tert-OH is 1. The number of phenols is 1. The molecule has 0 spiro atoms. The van der Waals surface area contributed by atoms with Gasteiger partial charge in [-0.1, -0.05) is 12.1 Å². The highest BCUT2D eigenvalue weighted by molar-refractivity contribution is 5.96. The van der Waals surface area contributed by atoms with Gasteiger partial charge in [0.15, 0.2) is 0 Å². The number of carbonyl (C=O) groups excluding carboxylic acids is 1. The van der Waals surface area contributed by atoms with Crippen LogP contribution in [0.4, 0.5) is 0 Å². The largest absolute Gasteiger partial charge is 0.507 e. The standard InChI is InChI=1S/C12H17NO3/c1-9(14)7-8-13(2)12(16)10-5-3-4-6-11(10)15/h3-6,9,14-15H,7-8H2,1-2H3. The lowest BCUT2D eigenvalue weighted by Crippen LogP contribution is -2.29. The van der Waals surface area contributed by atoms with E-state index >= 15 is 0 Å². The van der Waals surface area contributed by atoms with Crippen molar-refractivity contribution in [2.45, 2.75) is 19.4 Å². The number of benzene rings is 1. The number of aliphatic hydroxyl groups is 1. The number of hydrogen-bond donors (Lipinski definition) is 2. The van der Waals surface area contributed by atoms with E-state index in [1.807, 2.05) is 0 Å². The maximum atomic E-state index is 11.9. The first-order chi connectivity index (χ1) is 7.52. The number of amides is 1. The number of hydrogen-bond acceptors (Lipinski definition) is 3. The zero-order valence-electron chi connectivity index (χ0n) is 9.55. The number of para-hydroxylation sites is 1. The molecule has 1 aromatic carbocycles. The molecule has 4 heteroatoms. The molecule has 0 heterocycles. The molecule has 1 unspecified atom stereocenters. The lowest BCUT2D eigenvalue weighted by molar-refractivity contribution is 0.0766. The maximum absolute atomic E-state index is 11.9. The number of carbonyl (C=O) groups is 1. The lowest BCUT2D eigenvalue weighted by atomic mass is 10.1. The third-order valence-electron chi connectivity index (χ3n) is 2.36. The molecule has 1 aromatic rings. The maximum Gasteiger partial charge on any atom is 0.257 e. The summed E-state index contributed by atoms with van der Waals surface area (Å²) >= 11 is 0. The molecular weight excluding hydrogens is 206 g/mol. The first-order valence-corrected chi connectivity index (χ1v) is 5.24. The van der Waals surface area contributed by atoms with Crippen LogP contribution in [0.3, 0.4) is 0 Å². The monoisotopic (exact) mass is 223 g/mol. The fourth-order valence-corrected chi connectivity index (χ4v) is 1.34. The zero-order chi connectivity index (χ0) is 12.1. The van der Waals surface area contributed by atoms with Crippen molar-refractivity contribution in [3.05, 3.63) is 29.8 Å². The Morgan fingerprint density at radius 3 is 2.62 bits per heavy atom. The van der Waals surface area contributed by atoms with Crippen LogP contribution in [0.1, 0.15) is 23.7 Å². The summed E-state index contributed by atoms with van der Waals surface area (Å²) in [5, 5.41) is 18.6. The lowest BCUT2D eigenvalue weighted by Gasteiger charge is -2.18. The van der Waals surface area contributed by atoms with E-state index < -0.39 is 6.10 Å². The fraction of sp³-hybridized carbons (Fsp3) is 0.417. The van der Waals surface area contributed by atoms with E-state index in [0.29, 0.717) is 13.0 Å². The van der Waals surface area contributed by atoms with Crippen LogP contribution in [0.15, 0.2) is 24.3 Å². The molecule has 0 radical (unpaired) electrons. The van der Waals surface area contributed by atoms with Crippen molar-refractivity contribution >= 4 is 5.91 Å². The Morgan fingerprint density at radius 1 is 1.44 bits per heavy atom. The summed E-state index contributed by atoms with van der Waals surface area (Å²) in [7, 11) is 1.65. The van der Waals surface area contributed by atoms with Gasteiger partial charge in [0, 0.05) is 13.6 Å². The van der Waals surface area contributed by atoms with Crippen molar-refractivity contribution in [3.63, 3.8) is 0 Å². The van der Waals surface area contributed by atoms with Crippen LogP contribution in [0, 0.1) is 0 Å². The average Bonchev–Trinajstić information content (AvgIpc) is 2.25. The first-order valence-electron chi connectivity index (χ1n) is 5.24. The Labute approximate surface area is 95.1 Å². The van der Waals surface area contributed by atoms with E-state index in [1.54, 1.807) is 32.2 Å². The smallest absolute Gasteiger partial charge is 0.257 e. The highest BCUT2D eigenvalue weighted by Crippen LogP contribution is 2.17. The number of nitrogens with zero attached hydrogens (tertiary/aromatic N) is 1. The van der Waals surface area contributed by atoms with E-state index in [4.69, 9.17) is 5.11 Å². The molecule has 0 aliphatic carbocycles. The van der Waals surface area contributed by atoms with Crippen molar-refractivity contribution in [2.75, 3.05) is 13.6 Å². The zero-order valence-corrected chi connectivity index (χ0v) is 9.55. The van der Waals surface area contributed by atoms with Crippen molar-refractivity contribution in [3.8, 4) is 5.75 Å². The molecule has 88 valence electrons. The van der Waals surface area contributed by atoms with Crippen LogP contribution in [-0.4, -0.2) is 40.7 Å². The highest BCUT2D eigenvalue weighted by atomic mass is 16.3. The summed E-state index contributed by atoms with van der Waals surface area (Å²) in [6, 6.07) is 6.43. The second kappa shape index (κ2) is 5.51. The Hall–Kier alpha value is -1.55. The summed E-state index contributed by atoms with van der Waals surface area (Å²) in [6.07, 6.45) is 0.0927. The van der Waals surface area contributed by atoms with E-state index in [2.05, 4.69) is 0 Å². The summed E-state index contributed by atoms with van der Waals surface area (Å²) in [6.45, 7) is 2.14. The fourth-order valence-electron chi connectivity index (χ4n) is 1.34. The molecule has 0 saturated carbocycles. The van der Waals surface area contributed by atoms with E-state index in [-0.39, 0.29) is 17.2 Å². The van der Waals surface area contributed by atoms with Crippen LogP contribution in [0.25, 0.3) is 0 Å². The number of aromatic hydroxyl groups is 1. The van der Waals surface area contributed by atoms with Gasteiger partial charge in [-0.2, -0.15) is 0 Å². The SMILES string of the molecule is CC(O)CCN(C)C(=O)c1ccccc1O. The molecule has 1 rings (SSSR count). The van der Waals surface area contributed by atoms with Gasteiger partial charge in [0.1, 0.15) is 5.75 Å². The molecule has 16 heavy (non-hydrogen) atoms. The normalized spacial score (nSPS) is 12.2. The van der Waals surface area contributed by atoms with E-state index in [1.165, 1.54) is 11.0 Å². The van der Waals surface area contributed by atoms with Gasteiger partial charge in [-0.15, -0.1) is 0 Å². The molecular formula is C12H17NO3. The minimum atomic E-state index is -0.431. The molecule has 0 aliphatic rings. The summed E-state index contributed by atoms with van der Waals surface area (Å²) in [5.74, 6) is -0.254. The third-order valence-corrected chi connectivity index (χ3v) is 2.36.